The van der Waals surface area contributed by atoms with Gasteiger partial charge in [0.25, 0.3) is 0 Å². The number of aryl methyl sites for hydroxylation is 1. The Morgan fingerprint density at radius 1 is 1.00 bits per heavy atom. The van der Waals surface area contributed by atoms with Crippen molar-refractivity contribution < 1.29 is 33.7 Å². The van der Waals surface area contributed by atoms with Crippen molar-refractivity contribution in [2.75, 3.05) is 13.2 Å². The van der Waals surface area contributed by atoms with Gasteiger partial charge in [-0.15, -0.1) is 6.58 Å². The number of carbonyl (C=O) groups is 1. The van der Waals surface area contributed by atoms with Crippen LogP contribution in [0.2, 0.25) is 0 Å². The molecule has 8 nitrogen and oxygen atoms in total. The number of carbonyl (C=O) groups excluding carboxylic acids is 1. The molecule has 2 heterocycles. The van der Waals surface area contributed by atoms with Gasteiger partial charge in [-0.2, -0.15) is 0 Å². The molecule has 226 valence electrons. The predicted octanol–water partition coefficient (Wildman–Crippen LogP) is 5.09. The maximum Gasteiger partial charge on any atom is 0.306 e. The first-order valence-electron chi connectivity index (χ1n) is 14.5. The molecule has 2 aliphatic heterocycles. The molecule has 8 heteroatoms. The van der Waals surface area contributed by atoms with E-state index < -0.39 is 36.5 Å². The second kappa shape index (κ2) is 16.5. The Morgan fingerprint density at radius 2 is 1.77 bits per heavy atom. The molecule has 0 fully saturated rings. The molecule has 4 rings (SSSR count). The summed E-state index contributed by atoms with van der Waals surface area (Å²) in [5.41, 5.74) is 2.63. The topological polar surface area (TPSA) is 95.8 Å². The van der Waals surface area contributed by atoms with Crippen molar-refractivity contribution in [2.24, 2.45) is 5.16 Å². The minimum Gasteiger partial charge on any atom is -0.483 e. The Balaban J connectivity index is 1.31. The molecule has 0 aromatic heterocycles. The van der Waals surface area contributed by atoms with Crippen LogP contribution in [-0.2, 0) is 23.8 Å². The molecular formula is C35H39NO7. The van der Waals surface area contributed by atoms with Crippen molar-refractivity contribution in [3.63, 3.8) is 0 Å². The third-order valence-electron chi connectivity index (χ3n) is 6.83. The number of benzene rings is 2. The van der Waals surface area contributed by atoms with Gasteiger partial charge < -0.3 is 28.9 Å². The smallest absolute Gasteiger partial charge is 0.306 e. The average Bonchev–Trinajstić information content (AvgIpc) is 3.03. The Bertz CT molecular complexity index is 1340. The van der Waals surface area contributed by atoms with E-state index in [0.29, 0.717) is 24.3 Å². The van der Waals surface area contributed by atoms with Crippen molar-refractivity contribution in [3.05, 3.63) is 103 Å². The highest BCUT2D eigenvalue weighted by atomic mass is 16.7. The Kier molecular flexibility index (Phi) is 12.2. The molecule has 0 saturated heterocycles. The van der Waals surface area contributed by atoms with Crippen LogP contribution in [0.3, 0.4) is 0 Å². The summed E-state index contributed by atoms with van der Waals surface area (Å²) >= 11 is 0. The van der Waals surface area contributed by atoms with Gasteiger partial charge in [0.1, 0.15) is 36.8 Å². The number of hydrogen-bond donors (Lipinski definition) is 1. The van der Waals surface area contributed by atoms with E-state index in [4.69, 9.17) is 23.8 Å². The maximum absolute atomic E-state index is 12.7. The Hall–Kier alpha value is -4.16. The number of esters is 1. The summed E-state index contributed by atoms with van der Waals surface area (Å²) in [6.07, 6.45) is 7.65. The molecule has 0 spiro atoms. The van der Waals surface area contributed by atoms with Crippen LogP contribution in [0.5, 0.6) is 5.75 Å². The Labute approximate surface area is 253 Å². The van der Waals surface area contributed by atoms with E-state index >= 15 is 0 Å². The fraction of sp³-hybridized carbons (Fsp3) is 0.371. The van der Waals surface area contributed by atoms with E-state index in [-0.39, 0.29) is 25.7 Å². The molecule has 0 saturated carbocycles. The number of rotatable bonds is 12. The van der Waals surface area contributed by atoms with E-state index in [1.54, 1.807) is 13.0 Å². The highest BCUT2D eigenvalue weighted by Gasteiger charge is 2.30. The number of ether oxygens (including phenoxy) is 4. The van der Waals surface area contributed by atoms with Crippen molar-refractivity contribution in [3.8, 4) is 17.6 Å². The van der Waals surface area contributed by atoms with E-state index in [0.717, 1.165) is 11.1 Å². The van der Waals surface area contributed by atoms with Crippen LogP contribution in [0.25, 0.3) is 0 Å². The van der Waals surface area contributed by atoms with E-state index in [1.165, 1.54) is 0 Å². The van der Waals surface area contributed by atoms with E-state index in [9.17, 15) is 9.90 Å². The highest BCUT2D eigenvalue weighted by molar-refractivity contribution is 5.85. The molecule has 1 N–H and O–H groups in total. The van der Waals surface area contributed by atoms with E-state index in [2.05, 4.69) is 23.6 Å². The van der Waals surface area contributed by atoms with Gasteiger partial charge in [-0.3, -0.25) is 4.79 Å². The summed E-state index contributed by atoms with van der Waals surface area (Å²) in [4.78, 5) is 18.2. The van der Waals surface area contributed by atoms with Gasteiger partial charge in [-0.1, -0.05) is 65.0 Å². The highest BCUT2D eigenvalue weighted by Crippen LogP contribution is 2.22. The van der Waals surface area contributed by atoms with Crippen LogP contribution in [0, 0.1) is 18.8 Å². The molecule has 0 radical (unpaired) electrons. The fourth-order valence-corrected chi connectivity index (χ4v) is 4.41. The van der Waals surface area contributed by atoms with Crippen molar-refractivity contribution >= 4 is 11.7 Å². The fourth-order valence-electron chi connectivity index (χ4n) is 4.41. The molecule has 0 bridgehead atoms. The lowest BCUT2D eigenvalue weighted by atomic mass is 10.1. The lowest BCUT2D eigenvalue weighted by Crippen LogP contribution is -2.42. The van der Waals surface area contributed by atoms with Crippen LogP contribution in [0.4, 0.5) is 0 Å². The van der Waals surface area contributed by atoms with Gasteiger partial charge in [0.15, 0.2) is 6.10 Å². The average molecular weight is 586 g/mol. The molecule has 2 aromatic carbocycles. The zero-order valence-electron chi connectivity index (χ0n) is 24.6. The molecule has 6 atom stereocenters. The lowest BCUT2D eigenvalue weighted by Gasteiger charge is -2.30. The van der Waals surface area contributed by atoms with Crippen LogP contribution in [-0.4, -0.2) is 66.6 Å². The number of oxime groups is 1. The predicted molar refractivity (Wildman–Crippen MR) is 165 cm³/mol. The Morgan fingerprint density at radius 3 is 2.51 bits per heavy atom. The summed E-state index contributed by atoms with van der Waals surface area (Å²) in [7, 11) is 0. The lowest BCUT2D eigenvalue weighted by molar-refractivity contribution is -0.151. The zero-order chi connectivity index (χ0) is 30.4. The van der Waals surface area contributed by atoms with Crippen LogP contribution >= 0.6 is 0 Å². The summed E-state index contributed by atoms with van der Waals surface area (Å²) in [5, 5.41) is 13.8. The van der Waals surface area contributed by atoms with Gasteiger partial charge in [0.2, 0.25) is 0 Å². The molecule has 0 aliphatic carbocycles. The van der Waals surface area contributed by atoms with Crippen LogP contribution in [0.15, 0.2) is 96.7 Å². The minimum absolute atomic E-state index is 0.00414. The normalized spacial score (nSPS) is 24.9. The van der Waals surface area contributed by atoms with Crippen molar-refractivity contribution in [2.45, 2.75) is 69.7 Å². The standard InChI is InChI=1S/C35H39NO7/c1-4-8-28-19-21-32(33(23-37)41-28)43-36-26(3)13-22-35(38)39-24-34-31(40-29-15-11-25(2)12-16-29)20-18-30(42-34)17-14-27-9-6-5-7-10-27/h4-7,9-12,15-16,18-21,28,30-34,37H,1,8,13,22-24H2,2-3H3/b36-26+/t28-,30-,31+,32+,33-,34-/m1/s1. The molecule has 43 heavy (non-hydrogen) atoms. The molecular weight excluding hydrogens is 546 g/mol. The summed E-state index contributed by atoms with van der Waals surface area (Å²) in [6.45, 7) is 7.30. The van der Waals surface area contributed by atoms with Crippen molar-refractivity contribution in [1.82, 2.24) is 0 Å². The van der Waals surface area contributed by atoms with Gasteiger partial charge in [-0.25, -0.2) is 0 Å². The molecule has 0 unspecified atom stereocenters. The number of hydrogen-bond acceptors (Lipinski definition) is 8. The van der Waals surface area contributed by atoms with Gasteiger partial charge in [0, 0.05) is 5.56 Å². The summed E-state index contributed by atoms with van der Waals surface area (Å²) < 4.78 is 23.8. The third kappa shape index (κ3) is 10.3. The maximum atomic E-state index is 12.7. The summed E-state index contributed by atoms with van der Waals surface area (Å²) in [6, 6.07) is 17.4. The second-order valence-electron chi connectivity index (χ2n) is 10.4. The number of aliphatic hydroxyl groups excluding tert-OH is 1. The zero-order valence-corrected chi connectivity index (χ0v) is 24.6. The van der Waals surface area contributed by atoms with Gasteiger partial charge in [-0.05, 0) is 69.2 Å². The van der Waals surface area contributed by atoms with Crippen LogP contribution < -0.4 is 4.74 Å². The monoisotopic (exact) mass is 585 g/mol. The summed E-state index contributed by atoms with van der Waals surface area (Å²) in [5.74, 6) is 6.55. The first kappa shape index (κ1) is 31.8. The van der Waals surface area contributed by atoms with Gasteiger partial charge in [0.05, 0.1) is 24.8 Å². The SMILES string of the molecule is C=CC[C@@H]1C=C[C@H](O/N=C(\C)CCC(=O)OC[C@H]2O[C@H](C#Cc3ccccc3)C=C[C@@H]2Oc2ccc(C)cc2)[C@@H](CO)O1. The second-order valence-corrected chi connectivity index (χ2v) is 10.4. The first-order valence-corrected chi connectivity index (χ1v) is 14.5. The third-order valence-corrected chi connectivity index (χ3v) is 6.83. The van der Waals surface area contributed by atoms with E-state index in [1.807, 2.05) is 85.8 Å². The minimum atomic E-state index is -0.554. The first-order chi connectivity index (χ1) is 20.9. The van der Waals surface area contributed by atoms with Crippen LogP contribution in [0.1, 0.15) is 37.3 Å². The quantitative estimate of drug-likeness (QED) is 0.122. The molecule has 2 aromatic rings. The number of nitrogens with zero attached hydrogens (tertiary/aromatic N) is 1. The van der Waals surface area contributed by atoms with Crippen molar-refractivity contribution in [1.29, 1.82) is 0 Å². The van der Waals surface area contributed by atoms with Gasteiger partial charge >= 0.3 is 5.97 Å². The molecule has 0 amide bonds. The number of aliphatic hydroxyl groups is 1. The molecule has 2 aliphatic rings. The largest absolute Gasteiger partial charge is 0.483 e.